The molecule has 3 heterocycles. The first kappa shape index (κ1) is 27.9. The third-order valence-corrected chi connectivity index (χ3v) is 9.58. The SMILES string of the molecule is CCc1cccc2c1-n1nc3c(c1C1(C)C(F)=CC(C)(NC(N)=O)C(F)=C21)CN(Cc1cc(Cl)ccc1Cl)C3(C)C. The minimum absolute atomic E-state index is 0.170. The van der Waals surface area contributed by atoms with E-state index >= 15 is 8.78 Å². The fourth-order valence-electron chi connectivity index (χ4n) is 6.78. The molecule has 1 aliphatic carbocycles. The van der Waals surface area contributed by atoms with Crippen molar-refractivity contribution >= 4 is 34.8 Å². The molecule has 0 saturated carbocycles. The summed E-state index contributed by atoms with van der Waals surface area (Å²) in [6.45, 7) is 10.2. The zero-order chi connectivity index (χ0) is 29.6. The molecule has 3 N–H and O–H groups in total. The number of aromatic nitrogens is 2. The van der Waals surface area contributed by atoms with Gasteiger partial charge in [-0.2, -0.15) is 5.10 Å². The summed E-state index contributed by atoms with van der Waals surface area (Å²) in [6, 6.07) is 10.0. The van der Waals surface area contributed by atoms with E-state index in [0.29, 0.717) is 40.8 Å². The van der Waals surface area contributed by atoms with E-state index < -0.39 is 34.2 Å². The number of nitrogens with zero attached hydrogens (tertiary/aromatic N) is 3. The van der Waals surface area contributed by atoms with E-state index in [1.807, 2.05) is 29.8 Å². The molecule has 2 aromatic carbocycles. The number of urea groups is 1. The fraction of sp³-hybridized carbons (Fsp3) is 0.355. The summed E-state index contributed by atoms with van der Waals surface area (Å²) < 4.78 is 35.2. The van der Waals surface area contributed by atoms with Gasteiger partial charge in [-0.05, 0) is 69.5 Å². The van der Waals surface area contributed by atoms with Gasteiger partial charge in [0.05, 0.1) is 28.0 Å². The van der Waals surface area contributed by atoms with Crippen LogP contribution in [0.5, 0.6) is 0 Å². The van der Waals surface area contributed by atoms with Crippen LogP contribution in [0.15, 0.2) is 54.1 Å². The number of amides is 2. The van der Waals surface area contributed by atoms with E-state index in [4.69, 9.17) is 34.0 Å². The standard InChI is InChI=1S/C31H31Cl2F2N5O/c1-6-16-8-7-9-19-23-25(35)30(4,37-28(36)41)13-22(34)31(23,5)27-20-15-39(14-17-12-18(32)10-11-21(17)33)29(2,3)26(20)38-40(27)24(16)19/h7-13H,6,14-15H2,1-5H3,(H3,36,37,41). The molecule has 41 heavy (non-hydrogen) atoms. The molecular weight excluding hydrogens is 567 g/mol. The lowest BCUT2D eigenvalue weighted by Crippen LogP contribution is -2.52. The summed E-state index contributed by atoms with van der Waals surface area (Å²) in [5.41, 5.74) is 7.06. The Morgan fingerprint density at radius 2 is 1.85 bits per heavy atom. The lowest BCUT2D eigenvalue weighted by molar-refractivity contribution is 0.122. The first-order valence-corrected chi connectivity index (χ1v) is 14.3. The van der Waals surface area contributed by atoms with E-state index in [9.17, 15) is 4.79 Å². The van der Waals surface area contributed by atoms with E-state index in [0.717, 1.165) is 34.1 Å². The number of para-hydroxylation sites is 1. The van der Waals surface area contributed by atoms with Crippen LogP contribution < -0.4 is 11.1 Å². The predicted octanol–water partition coefficient (Wildman–Crippen LogP) is 7.24. The number of carbonyl (C=O) groups excluding carboxylic acids is 1. The largest absolute Gasteiger partial charge is 0.352 e. The highest BCUT2D eigenvalue weighted by Gasteiger charge is 2.56. The Bertz CT molecular complexity index is 1710. The summed E-state index contributed by atoms with van der Waals surface area (Å²) in [5, 5.41) is 8.73. The smallest absolute Gasteiger partial charge is 0.313 e. The highest BCUT2D eigenvalue weighted by atomic mass is 35.5. The van der Waals surface area contributed by atoms with Gasteiger partial charge in [0.1, 0.15) is 17.2 Å². The second-order valence-corrected chi connectivity index (χ2v) is 12.7. The van der Waals surface area contributed by atoms with E-state index in [1.165, 1.54) is 6.92 Å². The van der Waals surface area contributed by atoms with Gasteiger partial charge in [0, 0.05) is 39.8 Å². The van der Waals surface area contributed by atoms with Gasteiger partial charge in [-0.3, -0.25) is 4.90 Å². The van der Waals surface area contributed by atoms with Gasteiger partial charge in [0.15, 0.2) is 0 Å². The van der Waals surface area contributed by atoms with Gasteiger partial charge in [-0.1, -0.05) is 48.3 Å². The molecule has 3 aromatic rings. The number of nitrogens with one attached hydrogen (secondary N) is 1. The van der Waals surface area contributed by atoms with Crippen LogP contribution in [0.3, 0.4) is 0 Å². The molecule has 0 spiro atoms. The molecule has 2 aliphatic heterocycles. The van der Waals surface area contributed by atoms with Crippen molar-refractivity contribution in [1.82, 2.24) is 20.0 Å². The summed E-state index contributed by atoms with van der Waals surface area (Å²) in [6.07, 6.45) is 1.79. The van der Waals surface area contributed by atoms with Crippen LogP contribution in [0.2, 0.25) is 10.0 Å². The van der Waals surface area contributed by atoms with Crippen molar-refractivity contribution < 1.29 is 13.6 Å². The maximum Gasteiger partial charge on any atom is 0.313 e. The minimum Gasteiger partial charge on any atom is -0.352 e. The molecule has 6 nitrogen and oxygen atoms in total. The molecule has 0 radical (unpaired) electrons. The number of primary amides is 1. The Labute approximate surface area is 247 Å². The number of hydrogen-bond acceptors (Lipinski definition) is 3. The van der Waals surface area contributed by atoms with Crippen molar-refractivity contribution in [2.75, 3.05) is 0 Å². The van der Waals surface area contributed by atoms with Gasteiger partial charge in [0.2, 0.25) is 0 Å². The topological polar surface area (TPSA) is 76.2 Å². The van der Waals surface area contributed by atoms with Crippen LogP contribution in [0.4, 0.5) is 13.6 Å². The molecule has 2 amide bonds. The van der Waals surface area contributed by atoms with Gasteiger partial charge < -0.3 is 11.1 Å². The molecule has 2 atom stereocenters. The number of allylic oxidation sites excluding steroid dienone is 2. The predicted molar refractivity (Wildman–Crippen MR) is 157 cm³/mol. The average molecular weight is 599 g/mol. The second-order valence-electron chi connectivity index (χ2n) is 11.9. The molecule has 6 rings (SSSR count). The average Bonchev–Trinajstić information content (AvgIpc) is 3.39. The molecular formula is C31H31Cl2F2N5O. The molecule has 214 valence electrons. The Hall–Kier alpha value is -3.20. The van der Waals surface area contributed by atoms with E-state index in [1.54, 1.807) is 25.1 Å². The lowest BCUT2D eigenvalue weighted by atomic mass is 9.65. The van der Waals surface area contributed by atoms with Crippen molar-refractivity contribution in [2.24, 2.45) is 5.73 Å². The molecule has 2 unspecified atom stereocenters. The van der Waals surface area contributed by atoms with E-state index in [-0.39, 0.29) is 5.57 Å². The Morgan fingerprint density at radius 3 is 2.54 bits per heavy atom. The fourth-order valence-corrected chi connectivity index (χ4v) is 7.16. The Morgan fingerprint density at radius 1 is 1.12 bits per heavy atom. The second kappa shape index (κ2) is 9.15. The summed E-state index contributed by atoms with van der Waals surface area (Å²) in [7, 11) is 0. The summed E-state index contributed by atoms with van der Waals surface area (Å²) in [5.74, 6) is -1.24. The van der Waals surface area contributed by atoms with Gasteiger partial charge in [-0.15, -0.1) is 0 Å². The molecule has 10 heteroatoms. The van der Waals surface area contributed by atoms with Crippen LogP contribution >= 0.6 is 23.2 Å². The van der Waals surface area contributed by atoms with Crippen molar-refractivity contribution in [3.63, 3.8) is 0 Å². The number of fused-ring (bicyclic) bond motifs is 8. The number of benzene rings is 2. The van der Waals surface area contributed by atoms with Crippen LogP contribution in [0, 0.1) is 0 Å². The van der Waals surface area contributed by atoms with Crippen molar-refractivity contribution in [1.29, 1.82) is 0 Å². The Balaban J connectivity index is 1.60. The zero-order valence-electron chi connectivity index (χ0n) is 23.5. The molecule has 3 aliphatic rings. The van der Waals surface area contributed by atoms with Gasteiger partial charge >= 0.3 is 6.03 Å². The third-order valence-electron chi connectivity index (χ3n) is 8.98. The maximum atomic E-state index is 16.7. The quantitative estimate of drug-likeness (QED) is 0.333. The van der Waals surface area contributed by atoms with Crippen LogP contribution in [-0.2, 0) is 30.5 Å². The third kappa shape index (κ3) is 3.84. The van der Waals surface area contributed by atoms with Gasteiger partial charge in [0.25, 0.3) is 0 Å². The Kier molecular flexibility index (Phi) is 6.24. The number of hydrogen-bond donors (Lipinski definition) is 2. The number of rotatable bonds is 4. The molecule has 0 saturated heterocycles. The monoisotopic (exact) mass is 597 g/mol. The summed E-state index contributed by atoms with van der Waals surface area (Å²) >= 11 is 12.8. The number of carbonyl (C=O) groups is 1. The zero-order valence-corrected chi connectivity index (χ0v) is 25.0. The number of halogens is 4. The van der Waals surface area contributed by atoms with Crippen molar-refractivity contribution in [2.45, 2.75) is 70.6 Å². The minimum atomic E-state index is -1.75. The van der Waals surface area contributed by atoms with Crippen molar-refractivity contribution in [3.05, 3.63) is 97.8 Å². The highest BCUT2D eigenvalue weighted by Crippen LogP contribution is 2.59. The number of nitrogens with two attached hydrogens (primary N) is 1. The van der Waals surface area contributed by atoms with Crippen LogP contribution in [0.1, 0.15) is 68.3 Å². The lowest BCUT2D eigenvalue weighted by Gasteiger charge is -2.44. The first-order valence-electron chi connectivity index (χ1n) is 13.6. The highest BCUT2D eigenvalue weighted by molar-refractivity contribution is 6.33. The molecule has 0 fully saturated rings. The summed E-state index contributed by atoms with van der Waals surface area (Å²) in [4.78, 5) is 14.1. The normalized spacial score (nSPS) is 24.4. The number of aryl methyl sites for hydroxylation is 1. The maximum absolute atomic E-state index is 16.7. The van der Waals surface area contributed by atoms with E-state index in [2.05, 4.69) is 24.1 Å². The van der Waals surface area contributed by atoms with Crippen LogP contribution in [-0.4, -0.2) is 26.3 Å². The van der Waals surface area contributed by atoms with Crippen molar-refractivity contribution in [3.8, 4) is 5.69 Å². The van der Waals surface area contributed by atoms with Crippen LogP contribution in [0.25, 0.3) is 11.3 Å². The molecule has 1 aromatic heterocycles. The first-order chi connectivity index (χ1) is 19.2. The molecule has 0 bridgehead atoms. The van der Waals surface area contributed by atoms with Gasteiger partial charge in [-0.25, -0.2) is 18.3 Å².